The van der Waals surface area contributed by atoms with Crippen LogP contribution < -0.4 is 20.1 Å². The van der Waals surface area contributed by atoms with Gasteiger partial charge in [0.25, 0.3) is 0 Å². The summed E-state index contributed by atoms with van der Waals surface area (Å²) in [6.45, 7) is 5.79. The van der Waals surface area contributed by atoms with E-state index in [9.17, 15) is 18.1 Å². The molecule has 180 valence electrons. The number of hydrogen-bond donors (Lipinski definition) is 3. The summed E-state index contributed by atoms with van der Waals surface area (Å²) >= 11 is 0. The van der Waals surface area contributed by atoms with Crippen molar-refractivity contribution in [3.8, 4) is 11.5 Å². The number of para-hydroxylation sites is 2. The third kappa shape index (κ3) is 4.00. The van der Waals surface area contributed by atoms with Crippen LogP contribution >= 0.6 is 0 Å². The van der Waals surface area contributed by atoms with Gasteiger partial charge in [-0.3, -0.25) is 4.55 Å². The van der Waals surface area contributed by atoms with Crippen molar-refractivity contribution in [2.45, 2.75) is 50.4 Å². The first kappa shape index (κ1) is 23.6. The molecule has 0 spiro atoms. The van der Waals surface area contributed by atoms with Gasteiger partial charge in [-0.15, -0.1) is 0 Å². The summed E-state index contributed by atoms with van der Waals surface area (Å²) in [6, 6.07) is 10.5. The molecule has 4 unspecified atom stereocenters. The summed E-state index contributed by atoms with van der Waals surface area (Å²) in [4.78, 5) is 1.32. The van der Waals surface area contributed by atoms with Gasteiger partial charge in [0, 0.05) is 24.5 Å². The second-order valence-electron chi connectivity index (χ2n) is 8.03. The SMILES string of the molecule is CCOC(OCC)C1(C)Oc2ccc(N)cc2C(N2c3ccccc3OC2S(=O)(=O)O)C1O. The van der Waals surface area contributed by atoms with Gasteiger partial charge in [-0.05, 0) is 51.1 Å². The van der Waals surface area contributed by atoms with Gasteiger partial charge in [-0.25, -0.2) is 0 Å². The fourth-order valence-electron chi connectivity index (χ4n) is 4.38. The van der Waals surface area contributed by atoms with Crippen molar-refractivity contribution in [2.75, 3.05) is 23.8 Å². The molecule has 0 bridgehead atoms. The molecule has 0 saturated carbocycles. The first-order valence-electron chi connectivity index (χ1n) is 10.6. The number of rotatable bonds is 7. The number of aliphatic hydroxyl groups excluding tert-OH is 1. The quantitative estimate of drug-likeness (QED) is 0.307. The topological polar surface area (TPSA) is 141 Å². The lowest BCUT2D eigenvalue weighted by atomic mass is 9.83. The van der Waals surface area contributed by atoms with E-state index in [2.05, 4.69) is 0 Å². The third-order valence-corrected chi connectivity index (χ3v) is 6.66. The zero-order valence-electron chi connectivity index (χ0n) is 18.5. The molecular formula is C22H28N2O8S. The second-order valence-corrected chi connectivity index (χ2v) is 9.46. The Morgan fingerprint density at radius 3 is 2.45 bits per heavy atom. The van der Waals surface area contributed by atoms with Crippen LogP contribution in [-0.4, -0.2) is 54.8 Å². The Balaban J connectivity index is 1.92. The fourth-order valence-corrected chi connectivity index (χ4v) is 5.13. The summed E-state index contributed by atoms with van der Waals surface area (Å²) in [5, 5.41) is 11.7. The summed E-state index contributed by atoms with van der Waals surface area (Å²) in [7, 11) is -4.72. The van der Waals surface area contributed by atoms with Gasteiger partial charge in [0.15, 0.2) is 11.9 Å². The standard InChI is InChI=1S/C22H28N2O8S/c1-4-29-20(30-5-2)22(3)19(25)18(14-12-13(23)10-11-16(14)32-22)24-15-8-6-7-9-17(15)31-21(24)33(26,27)28/h6-12,18-21,25H,4-5,23H2,1-3H3,(H,26,27,28). The number of ether oxygens (including phenoxy) is 4. The zero-order valence-corrected chi connectivity index (χ0v) is 19.4. The van der Waals surface area contributed by atoms with Crippen LogP contribution in [0.3, 0.4) is 0 Å². The summed E-state index contributed by atoms with van der Waals surface area (Å²) < 4.78 is 58.0. The number of anilines is 2. The van der Waals surface area contributed by atoms with Crippen molar-refractivity contribution in [3.05, 3.63) is 48.0 Å². The lowest BCUT2D eigenvalue weighted by Gasteiger charge is -2.49. The largest absolute Gasteiger partial charge is 0.479 e. The Kier molecular flexibility index (Phi) is 6.18. The molecule has 33 heavy (non-hydrogen) atoms. The zero-order chi connectivity index (χ0) is 24.0. The Hall–Kier alpha value is -2.57. The Morgan fingerprint density at radius 2 is 1.82 bits per heavy atom. The van der Waals surface area contributed by atoms with E-state index in [1.165, 1.54) is 4.90 Å². The Morgan fingerprint density at radius 1 is 1.15 bits per heavy atom. The molecule has 4 rings (SSSR count). The molecule has 4 atom stereocenters. The average Bonchev–Trinajstić information content (AvgIpc) is 3.15. The third-order valence-electron chi connectivity index (χ3n) is 5.83. The van der Waals surface area contributed by atoms with E-state index in [0.29, 0.717) is 35.9 Å². The lowest BCUT2D eigenvalue weighted by molar-refractivity contribution is -0.254. The van der Waals surface area contributed by atoms with Gasteiger partial charge < -0.3 is 34.7 Å². The predicted molar refractivity (Wildman–Crippen MR) is 121 cm³/mol. The summed E-state index contributed by atoms with van der Waals surface area (Å²) in [5.74, 6) is 0.613. The fraction of sp³-hybridized carbons (Fsp3) is 0.455. The van der Waals surface area contributed by atoms with Crippen LogP contribution in [0.1, 0.15) is 32.4 Å². The van der Waals surface area contributed by atoms with Crippen LogP contribution in [0.25, 0.3) is 0 Å². The van der Waals surface area contributed by atoms with E-state index in [1.54, 1.807) is 63.2 Å². The van der Waals surface area contributed by atoms with Crippen molar-refractivity contribution in [2.24, 2.45) is 0 Å². The molecule has 2 aliphatic rings. The van der Waals surface area contributed by atoms with E-state index in [1.807, 2.05) is 0 Å². The van der Waals surface area contributed by atoms with Crippen LogP contribution in [0.4, 0.5) is 11.4 Å². The monoisotopic (exact) mass is 480 g/mol. The van der Waals surface area contributed by atoms with Gasteiger partial charge in [-0.1, -0.05) is 12.1 Å². The maximum absolute atomic E-state index is 12.3. The number of nitrogens with zero attached hydrogens (tertiary/aromatic N) is 1. The molecule has 0 amide bonds. The second kappa shape index (κ2) is 8.65. The van der Waals surface area contributed by atoms with Gasteiger partial charge in [0.1, 0.15) is 17.6 Å². The van der Waals surface area contributed by atoms with E-state index < -0.39 is 39.7 Å². The Bertz CT molecular complexity index is 1120. The molecule has 2 aliphatic heterocycles. The van der Waals surface area contributed by atoms with Crippen LogP contribution in [-0.2, 0) is 19.6 Å². The molecule has 4 N–H and O–H groups in total. The maximum atomic E-state index is 12.3. The smallest absolute Gasteiger partial charge is 0.324 e. The molecule has 0 radical (unpaired) electrons. The highest BCUT2D eigenvalue weighted by Gasteiger charge is 2.57. The van der Waals surface area contributed by atoms with Crippen LogP contribution in [0, 0.1) is 0 Å². The van der Waals surface area contributed by atoms with E-state index in [-0.39, 0.29) is 5.75 Å². The summed E-state index contributed by atoms with van der Waals surface area (Å²) in [6.07, 6.45) is -2.35. The maximum Gasteiger partial charge on any atom is 0.324 e. The number of aliphatic hydroxyl groups is 1. The molecule has 0 saturated heterocycles. The molecule has 0 aromatic heterocycles. The highest BCUT2D eigenvalue weighted by atomic mass is 32.2. The summed E-state index contributed by atoms with van der Waals surface area (Å²) in [5.41, 5.74) is 3.99. The minimum atomic E-state index is -4.72. The Labute approximate surface area is 192 Å². The number of nitrogens with two attached hydrogens (primary N) is 1. The van der Waals surface area contributed by atoms with Crippen molar-refractivity contribution < 1.29 is 37.0 Å². The molecule has 10 nitrogen and oxygen atoms in total. The molecular weight excluding hydrogens is 452 g/mol. The molecule has 2 aromatic rings. The van der Waals surface area contributed by atoms with E-state index in [4.69, 9.17) is 24.7 Å². The first-order valence-corrected chi connectivity index (χ1v) is 12.1. The van der Waals surface area contributed by atoms with Gasteiger partial charge in [0.2, 0.25) is 0 Å². The molecule has 0 aliphatic carbocycles. The van der Waals surface area contributed by atoms with E-state index >= 15 is 0 Å². The highest BCUT2D eigenvalue weighted by molar-refractivity contribution is 7.86. The number of hydrogen-bond acceptors (Lipinski definition) is 9. The van der Waals surface area contributed by atoms with Crippen LogP contribution in [0.15, 0.2) is 42.5 Å². The van der Waals surface area contributed by atoms with Crippen molar-refractivity contribution >= 4 is 21.5 Å². The van der Waals surface area contributed by atoms with Crippen molar-refractivity contribution in [1.82, 2.24) is 0 Å². The van der Waals surface area contributed by atoms with Gasteiger partial charge in [-0.2, -0.15) is 8.42 Å². The van der Waals surface area contributed by atoms with Crippen molar-refractivity contribution in [1.29, 1.82) is 0 Å². The predicted octanol–water partition coefficient (Wildman–Crippen LogP) is 2.29. The molecule has 2 aromatic carbocycles. The van der Waals surface area contributed by atoms with Crippen LogP contribution in [0.2, 0.25) is 0 Å². The lowest BCUT2D eigenvalue weighted by Crippen LogP contribution is -2.63. The number of benzene rings is 2. The van der Waals surface area contributed by atoms with Crippen molar-refractivity contribution in [3.63, 3.8) is 0 Å². The number of nitrogen functional groups attached to an aromatic ring is 1. The van der Waals surface area contributed by atoms with Gasteiger partial charge >= 0.3 is 15.7 Å². The minimum Gasteiger partial charge on any atom is -0.479 e. The van der Waals surface area contributed by atoms with E-state index in [0.717, 1.165) is 0 Å². The highest BCUT2D eigenvalue weighted by Crippen LogP contribution is 2.51. The first-order chi connectivity index (χ1) is 15.6. The molecule has 2 heterocycles. The normalized spacial score (nSPS) is 26.5. The molecule has 0 fully saturated rings. The average molecular weight is 481 g/mol. The van der Waals surface area contributed by atoms with Gasteiger partial charge in [0.05, 0.1) is 11.7 Å². The number of fused-ring (bicyclic) bond motifs is 2. The van der Waals surface area contributed by atoms with Crippen LogP contribution in [0.5, 0.6) is 11.5 Å². The molecule has 11 heteroatoms. The minimum absolute atomic E-state index is 0.247.